The first-order valence-electron chi connectivity index (χ1n) is 8.32. The van der Waals surface area contributed by atoms with E-state index in [9.17, 15) is 9.90 Å². The van der Waals surface area contributed by atoms with Gasteiger partial charge in [-0.15, -0.1) is 0 Å². The van der Waals surface area contributed by atoms with Gasteiger partial charge in [0.05, 0.1) is 5.92 Å². The van der Waals surface area contributed by atoms with Crippen LogP contribution in [0.25, 0.3) is 0 Å². The van der Waals surface area contributed by atoms with Gasteiger partial charge in [-0.1, -0.05) is 11.2 Å². The van der Waals surface area contributed by atoms with Crippen molar-refractivity contribution in [2.45, 2.75) is 31.6 Å². The molecule has 2 atom stereocenters. The van der Waals surface area contributed by atoms with Gasteiger partial charge in [0.15, 0.2) is 5.82 Å². The largest absolute Gasteiger partial charge is 0.396 e. The summed E-state index contributed by atoms with van der Waals surface area (Å²) in [6, 6.07) is 3.61. The third-order valence-corrected chi connectivity index (χ3v) is 4.81. The molecule has 126 valence electrons. The number of aliphatic hydroxyl groups excluding tert-OH is 1. The molecule has 0 aromatic carbocycles. The predicted molar refractivity (Wildman–Crippen MR) is 84.5 cm³/mol. The third kappa shape index (κ3) is 2.80. The molecule has 0 spiro atoms. The lowest BCUT2D eigenvalue weighted by molar-refractivity contribution is 0.0775. The molecule has 7 nitrogen and oxygen atoms in total. The molecule has 1 amide bonds. The molecular formula is C17H20N4O3. The molecule has 1 N–H and O–H groups in total. The van der Waals surface area contributed by atoms with Crippen molar-refractivity contribution in [3.8, 4) is 0 Å². The van der Waals surface area contributed by atoms with Crippen molar-refractivity contribution in [3.63, 3.8) is 0 Å². The van der Waals surface area contributed by atoms with Crippen LogP contribution in [0.4, 0.5) is 0 Å². The molecule has 0 bridgehead atoms. The zero-order valence-electron chi connectivity index (χ0n) is 13.6. The van der Waals surface area contributed by atoms with Crippen LogP contribution in [0.15, 0.2) is 22.9 Å². The normalized spacial score (nSPS) is 23.7. The van der Waals surface area contributed by atoms with Gasteiger partial charge in [-0.05, 0) is 31.4 Å². The quantitative estimate of drug-likeness (QED) is 0.914. The molecule has 2 aromatic rings. The van der Waals surface area contributed by atoms with Gasteiger partial charge in [0.1, 0.15) is 5.69 Å². The maximum absolute atomic E-state index is 12.6. The monoisotopic (exact) mass is 328 g/mol. The molecule has 0 unspecified atom stereocenters. The van der Waals surface area contributed by atoms with Gasteiger partial charge < -0.3 is 14.5 Å². The SMILES string of the molecule is Cc1ccc(C(=O)N2C[C@@H](CO)[C@H](c3nc(C4CC4)no3)C2)nc1. The fourth-order valence-electron chi connectivity index (χ4n) is 3.16. The number of aliphatic hydroxyl groups is 1. The summed E-state index contributed by atoms with van der Waals surface area (Å²) in [5.74, 6) is 1.37. The summed E-state index contributed by atoms with van der Waals surface area (Å²) >= 11 is 0. The lowest BCUT2D eigenvalue weighted by Crippen LogP contribution is -2.30. The van der Waals surface area contributed by atoms with Crippen LogP contribution in [0.3, 0.4) is 0 Å². The average Bonchev–Trinajstić information content (AvgIpc) is 3.18. The Balaban J connectivity index is 1.52. The fourth-order valence-corrected chi connectivity index (χ4v) is 3.16. The van der Waals surface area contributed by atoms with Crippen molar-refractivity contribution in [1.82, 2.24) is 20.0 Å². The molecule has 1 aliphatic carbocycles. The predicted octanol–water partition coefficient (Wildman–Crippen LogP) is 1.50. The van der Waals surface area contributed by atoms with Crippen molar-refractivity contribution < 1.29 is 14.4 Å². The number of amides is 1. The van der Waals surface area contributed by atoms with Crippen LogP contribution in [0.2, 0.25) is 0 Å². The van der Waals surface area contributed by atoms with E-state index in [0.717, 1.165) is 24.2 Å². The summed E-state index contributed by atoms with van der Waals surface area (Å²) in [6.45, 7) is 2.85. The van der Waals surface area contributed by atoms with Crippen LogP contribution in [0, 0.1) is 12.8 Å². The van der Waals surface area contributed by atoms with Crippen molar-refractivity contribution in [2.24, 2.45) is 5.92 Å². The Morgan fingerprint density at radius 3 is 2.88 bits per heavy atom. The second-order valence-corrected chi connectivity index (χ2v) is 6.75. The van der Waals surface area contributed by atoms with E-state index >= 15 is 0 Å². The van der Waals surface area contributed by atoms with Crippen LogP contribution < -0.4 is 0 Å². The molecule has 1 saturated carbocycles. The minimum absolute atomic E-state index is 0.0169. The van der Waals surface area contributed by atoms with Crippen molar-refractivity contribution >= 4 is 5.91 Å². The molecule has 24 heavy (non-hydrogen) atoms. The molecule has 1 aliphatic heterocycles. The standard InChI is InChI=1S/C17H20N4O3/c1-10-2-5-14(18-6-10)17(23)21-7-12(9-22)13(8-21)16-19-15(20-24-16)11-3-4-11/h2,5-6,11-13,22H,3-4,7-9H2,1H3/t12-,13+/m0/s1. The zero-order chi connectivity index (χ0) is 16.7. The van der Waals surface area contributed by atoms with Crippen LogP contribution in [0.5, 0.6) is 0 Å². The first-order chi connectivity index (χ1) is 11.7. The molecule has 2 fully saturated rings. The molecule has 0 radical (unpaired) electrons. The lowest BCUT2D eigenvalue weighted by atomic mass is 9.97. The van der Waals surface area contributed by atoms with E-state index in [4.69, 9.17) is 4.52 Å². The van der Waals surface area contributed by atoms with Gasteiger partial charge in [-0.25, -0.2) is 0 Å². The number of pyridine rings is 1. The van der Waals surface area contributed by atoms with E-state index in [1.54, 1.807) is 17.2 Å². The summed E-state index contributed by atoms with van der Waals surface area (Å²) in [5, 5.41) is 13.7. The first-order valence-corrected chi connectivity index (χ1v) is 8.32. The summed E-state index contributed by atoms with van der Waals surface area (Å²) in [6.07, 6.45) is 3.90. The highest BCUT2D eigenvalue weighted by Gasteiger charge is 2.40. The van der Waals surface area contributed by atoms with E-state index in [1.165, 1.54) is 0 Å². The van der Waals surface area contributed by atoms with Gasteiger partial charge in [0.2, 0.25) is 5.89 Å². The van der Waals surface area contributed by atoms with E-state index in [0.29, 0.717) is 30.6 Å². The number of rotatable bonds is 4. The molecular weight excluding hydrogens is 308 g/mol. The molecule has 1 saturated heterocycles. The number of aryl methyl sites for hydroxylation is 1. The third-order valence-electron chi connectivity index (χ3n) is 4.81. The van der Waals surface area contributed by atoms with Crippen molar-refractivity contribution in [1.29, 1.82) is 0 Å². The number of carbonyl (C=O) groups excluding carboxylic acids is 1. The number of aromatic nitrogens is 3. The Labute approximate surface area is 139 Å². The van der Waals surface area contributed by atoms with E-state index in [2.05, 4.69) is 15.1 Å². The first kappa shape index (κ1) is 15.3. The summed E-state index contributed by atoms with van der Waals surface area (Å²) in [5.41, 5.74) is 1.43. The zero-order valence-corrected chi connectivity index (χ0v) is 13.6. The van der Waals surface area contributed by atoms with Crippen LogP contribution >= 0.6 is 0 Å². The van der Waals surface area contributed by atoms with Crippen molar-refractivity contribution in [2.75, 3.05) is 19.7 Å². The minimum Gasteiger partial charge on any atom is -0.396 e. The Bertz CT molecular complexity index is 739. The minimum atomic E-state index is -0.127. The van der Waals surface area contributed by atoms with Crippen LogP contribution in [-0.4, -0.2) is 50.7 Å². The number of likely N-dealkylation sites (tertiary alicyclic amines) is 1. The van der Waals surface area contributed by atoms with Gasteiger partial charge in [0.25, 0.3) is 5.91 Å². The molecule has 7 heteroatoms. The molecule has 2 aromatic heterocycles. The van der Waals surface area contributed by atoms with E-state index in [-0.39, 0.29) is 24.3 Å². The number of hydrogen-bond donors (Lipinski definition) is 1. The highest BCUT2D eigenvalue weighted by molar-refractivity contribution is 5.92. The Hall–Kier alpha value is -2.28. The number of carbonyl (C=O) groups is 1. The Morgan fingerprint density at radius 1 is 1.38 bits per heavy atom. The second kappa shape index (κ2) is 5.98. The molecule has 3 heterocycles. The lowest BCUT2D eigenvalue weighted by Gasteiger charge is -2.15. The summed E-state index contributed by atoms with van der Waals surface area (Å²) in [4.78, 5) is 23.0. The maximum Gasteiger partial charge on any atom is 0.272 e. The smallest absolute Gasteiger partial charge is 0.272 e. The highest BCUT2D eigenvalue weighted by atomic mass is 16.5. The Morgan fingerprint density at radius 2 is 2.21 bits per heavy atom. The fraction of sp³-hybridized carbons (Fsp3) is 0.529. The number of hydrogen-bond acceptors (Lipinski definition) is 6. The van der Waals surface area contributed by atoms with Crippen LogP contribution in [-0.2, 0) is 0 Å². The summed E-state index contributed by atoms with van der Waals surface area (Å²) < 4.78 is 5.41. The van der Waals surface area contributed by atoms with Gasteiger partial charge >= 0.3 is 0 Å². The summed E-state index contributed by atoms with van der Waals surface area (Å²) in [7, 11) is 0. The van der Waals surface area contributed by atoms with E-state index in [1.807, 2.05) is 13.0 Å². The number of nitrogens with zero attached hydrogens (tertiary/aromatic N) is 4. The van der Waals surface area contributed by atoms with E-state index < -0.39 is 0 Å². The topological polar surface area (TPSA) is 92.4 Å². The molecule has 4 rings (SSSR count). The second-order valence-electron chi connectivity index (χ2n) is 6.75. The van der Waals surface area contributed by atoms with Gasteiger partial charge in [0, 0.05) is 37.7 Å². The average molecular weight is 328 g/mol. The Kier molecular flexibility index (Phi) is 3.80. The van der Waals surface area contributed by atoms with Gasteiger partial charge in [-0.2, -0.15) is 4.98 Å². The maximum atomic E-state index is 12.6. The van der Waals surface area contributed by atoms with Crippen LogP contribution in [0.1, 0.15) is 52.4 Å². The highest BCUT2D eigenvalue weighted by Crippen LogP contribution is 2.40. The molecule has 2 aliphatic rings. The van der Waals surface area contributed by atoms with Crippen molar-refractivity contribution in [3.05, 3.63) is 41.3 Å². The van der Waals surface area contributed by atoms with Gasteiger partial charge in [-0.3, -0.25) is 9.78 Å².